The van der Waals surface area contributed by atoms with Crippen LogP contribution in [0.15, 0.2) is 84.9 Å². The van der Waals surface area contributed by atoms with Crippen molar-refractivity contribution in [3.8, 4) is 57.6 Å². The Kier molecular flexibility index (Phi) is 17.2. The minimum Gasteiger partial charge on any atom is -0.467 e. The molecule has 65 heavy (non-hydrogen) atoms. The highest BCUT2D eigenvalue weighted by atomic mass is 35.5. The number of nitrogens with zero attached hydrogens (tertiary/aromatic N) is 6. The van der Waals surface area contributed by atoms with Crippen molar-refractivity contribution in [2.75, 3.05) is 21.3 Å². The molecule has 1 atom stereocenters. The number of aromatic nitrogens is 6. The number of methoxy groups -OCH3 is 3. The summed E-state index contributed by atoms with van der Waals surface area (Å²) in [6.07, 6.45) is -5.16. The number of Topliss-reactive ketones (excluding diaryl/α,β-unsaturated/α-hetero) is 1. The first kappa shape index (κ1) is 52.4. The average molecular weight is 955 g/mol. The van der Waals surface area contributed by atoms with Gasteiger partial charge in [0.05, 0.1) is 24.3 Å². The maximum absolute atomic E-state index is 13.4. The van der Waals surface area contributed by atoms with E-state index in [2.05, 4.69) is 88.3 Å². The lowest BCUT2D eigenvalue weighted by atomic mass is 9.86. The van der Waals surface area contributed by atoms with E-state index in [4.69, 9.17) is 38.4 Å². The Morgan fingerprint density at radius 3 is 1.40 bits per heavy atom. The number of ketones is 1. The van der Waals surface area contributed by atoms with Crippen LogP contribution in [0.3, 0.4) is 0 Å². The summed E-state index contributed by atoms with van der Waals surface area (Å²) >= 11 is 12.8. The summed E-state index contributed by atoms with van der Waals surface area (Å²) in [5.74, 6) is 0.543. The van der Waals surface area contributed by atoms with Crippen LogP contribution in [0.5, 0.6) is 12.0 Å². The van der Waals surface area contributed by atoms with Crippen LogP contribution < -0.4 is 15.2 Å². The second-order valence-corrected chi connectivity index (χ2v) is 17.9. The molecular formula is C48H53Cl3F3N7O4. The number of aryl methyl sites for hydroxylation is 1. The van der Waals surface area contributed by atoms with Crippen molar-refractivity contribution >= 4 is 41.4 Å². The monoisotopic (exact) mass is 953 g/mol. The van der Waals surface area contributed by atoms with Crippen molar-refractivity contribution in [3.05, 3.63) is 117 Å². The Hall–Kier alpha value is -5.25. The summed E-state index contributed by atoms with van der Waals surface area (Å²) in [4.78, 5) is 39.2. The number of nitrogens with two attached hydrogens (primary N) is 1. The van der Waals surface area contributed by atoms with Crippen molar-refractivity contribution in [1.29, 1.82) is 0 Å². The molecule has 0 bridgehead atoms. The molecule has 0 aliphatic rings. The van der Waals surface area contributed by atoms with Gasteiger partial charge in [-0.2, -0.15) is 33.1 Å². The van der Waals surface area contributed by atoms with Gasteiger partial charge in [-0.15, -0.1) is 12.4 Å². The lowest BCUT2D eigenvalue weighted by Gasteiger charge is -2.29. The second kappa shape index (κ2) is 21.4. The van der Waals surface area contributed by atoms with Gasteiger partial charge in [0.1, 0.15) is 0 Å². The zero-order chi connectivity index (χ0) is 47.2. The fraction of sp³-hybridized carbons (Fsp3) is 0.354. The van der Waals surface area contributed by atoms with Crippen LogP contribution in [-0.4, -0.2) is 68.8 Å². The number of hydrogen-bond donors (Lipinski definition) is 1. The van der Waals surface area contributed by atoms with Gasteiger partial charge in [-0.25, -0.2) is 9.97 Å². The number of hydrogen-bond acceptors (Lipinski definition) is 11. The van der Waals surface area contributed by atoms with E-state index in [0.29, 0.717) is 50.8 Å². The quantitative estimate of drug-likeness (QED) is 0.125. The number of benzene rings is 4. The molecule has 0 radical (unpaired) electrons. The minimum absolute atomic E-state index is 0. The molecule has 0 aliphatic heterocycles. The molecule has 2 aromatic heterocycles. The highest BCUT2D eigenvalue weighted by molar-refractivity contribution is 6.33. The normalized spacial score (nSPS) is 12.6. The van der Waals surface area contributed by atoms with Crippen LogP contribution in [0.4, 0.5) is 13.2 Å². The van der Waals surface area contributed by atoms with Crippen LogP contribution in [0.1, 0.15) is 77.1 Å². The number of carbonyl (C=O) groups is 1. The first-order valence-electron chi connectivity index (χ1n) is 20.3. The summed E-state index contributed by atoms with van der Waals surface area (Å²) in [5, 5.41) is 0.879. The van der Waals surface area contributed by atoms with Crippen molar-refractivity contribution in [2.24, 2.45) is 5.73 Å². The Morgan fingerprint density at radius 2 is 1.02 bits per heavy atom. The molecule has 2 heterocycles. The number of ether oxygens (including phenoxy) is 3. The number of halogens is 6. The highest BCUT2D eigenvalue weighted by Gasteiger charge is 2.56. The van der Waals surface area contributed by atoms with Crippen molar-refractivity contribution < 1.29 is 32.2 Å². The van der Waals surface area contributed by atoms with Crippen LogP contribution in [0.25, 0.3) is 45.6 Å². The van der Waals surface area contributed by atoms with Gasteiger partial charge < -0.3 is 19.9 Å². The fourth-order valence-electron chi connectivity index (χ4n) is 6.30. The van der Waals surface area contributed by atoms with Gasteiger partial charge >= 0.3 is 18.2 Å². The smallest absolute Gasteiger partial charge is 0.424 e. The van der Waals surface area contributed by atoms with Crippen molar-refractivity contribution in [2.45, 2.75) is 90.5 Å². The molecule has 6 aromatic rings. The zero-order valence-corrected chi connectivity index (χ0v) is 40.2. The molecule has 2 N–H and O–H groups in total. The Morgan fingerprint density at radius 1 is 0.600 bits per heavy atom. The SMILES string of the molecule is COc1nc(-c2cccc(C(C)(C)C)c2)nc(-c2cc(CCC(=O)[C@@](C)(OC)C(F)(F)F)ccc2Cl)n1.COc1nc(-c2cccc(C(C)(C)C)c2)nc(-c2cc(CN)ccc2Cl)n1.Cl. The molecular weight excluding hydrogens is 902 g/mol. The molecule has 0 fully saturated rings. The molecule has 346 valence electrons. The first-order valence-corrected chi connectivity index (χ1v) is 21.0. The van der Waals surface area contributed by atoms with E-state index in [9.17, 15) is 18.0 Å². The molecule has 0 saturated heterocycles. The Bertz CT molecular complexity index is 2620. The third-order valence-electron chi connectivity index (χ3n) is 10.5. The van der Waals surface area contributed by atoms with Gasteiger partial charge in [-0.05, 0) is 82.8 Å². The maximum Gasteiger partial charge on any atom is 0.424 e. The van der Waals surface area contributed by atoms with Crippen LogP contribution in [0, 0.1) is 0 Å². The van der Waals surface area contributed by atoms with E-state index in [-0.39, 0.29) is 53.9 Å². The molecule has 0 amide bonds. The van der Waals surface area contributed by atoms with E-state index in [0.717, 1.165) is 36.3 Å². The molecule has 0 aliphatic carbocycles. The van der Waals surface area contributed by atoms with Crippen molar-refractivity contribution in [1.82, 2.24) is 29.9 Å². The molecule has 4 aromatic carbocycles. The largest absolute Gasteiger partial charge is 0.467 e. The van der Waals surface area contributed by atoms with Gasteiger partial charge in [0.25, 0.3) is 0 Å². The van der Waals surface area contributed by atoms with E-state index >= 15 is 0 Å². The van der Waals surface area contributed by atoms with Crippen LogP contribution in [-0.2, 0) is 33.3 Å². The third kappa shape index (κ3) is 12.8. The standard InChI is InChI=1S/C27H29ClF3N3O3.C21H23ClN4O.ClH/c1-25(2,3)18-9-7-8-17(15-18)22-32-23(34-24(33-22)36-5)19-14-16(10-12-20(19)28)11-13-21(35)26(4,37-6)27(29,30)31;1-21(2,3)15-7-5-6-14(11-15)18-24-19(26-20(25-18)27-4)16-10-13(12-23)8-9-17(16)22;/h7-10,12,14-15H,11,13H2,1-6H3;5-11H,12,23H2,1-4H3;1H/t26-;;/m1../s1. The molecule has 6 rings (SSSR count). The third-order valence-corrected chi connectivity index (χ3v) is 11.1. The predicted octanol–water partition coefficient (Wildman–Crippen LogP) is 11.7. The minimum atomic E-state index is -4.83. The molecule has 0 unspecified atom stereocenters. The zero-order valence-electron chi connectivity index (χ0n) is 37.9. The molecule has 17 heteroatoms. The second-order valence-electron chi connectivity index (χ2n) is 17.1. The Balaban J connectivity index is 0.000000293. The van der Waals surface area contributed by atoms with E-state index in [1.807, 2.05) is 48.5 Å². The van der Waals surface area contributed by atoms with E-state index in [1.165, 1.54) is 19.8 Å². The molecule has 0 spiro atoms. The number of carbonyl (C=O) groups excluding carboxylic acids is 1. The molecule has 11 nitrogen and oxygen atoms in total. The van der Waals surface area contributed by atoms with Gasteiger partial charge in [0.2, 0.25) is 5.60 Å². The summed E-state index contributed by atoms with van der Waals surface area (Å²) < 4.78 is 55.2. The fourth-order valence-corrected chi connectivity index (χ4v) is 6.70. The summed E-state index contributed by atoms with van der Waals surface area (Å²) in [5.41, 5.74) is 9.45. The van der Waals surface area contributed by atoms with Gasteiger partial charge in [-0.3, -0.25) is 4.79 Å². The maximum atomic E-state index is 13.4. The number of alkyl halides is 3. The predicted molar refractivity (Wildman–Crippen MR) is 252 cm³/mol. The summed E-state index contributed by atoms with van der Waals surface area (Å²) in [6.45, 7) is 14.0. The molecule has 0 saturated carbocycles. The van der Waals surface area contributed by atoms with Crippen molar-refractivity contribution in [3.63, 3.8) is 0 Å². The average Bonchev–Trinajstić information content (AvgIpc) is 3.27. The highest BCUT2D eigenvalue weighted by Crippen LogP contribution is 2.36. The van der Waals surface area contributed by atoms with E-state index in [1.54, 1.807) is 24.3 Å². The Labute approximate surface area is 394 Å². The van der Waals surface area contributed by atoms with Gasteiger partial charge in [-0.1, -0.05) is 113 Å². The summed E-state index contributed by atoms with van der Waals surface area (Å²) in [7, 11) is 3.84. The topological polar surface area (TPSA) is 148 Å². The number of rotatable bonds is 12. The van der Waals surface area contributed by atoms with Crippen LogP contribution in [0.2, 0.25) is 10.0 Å². The lowest BCUT2D eigenvalue weighted by Crippen LogP contribution is -2.51. The van der Waals surface area contributed by atoms with Gasteiger partial charge in [0.15, 0.2) is 29.1 Å². The first-order chi connectivity index (χ1) is 30.0. The van der Waals surface area contributed by atoms with Gasteiger partial charge in [0, 0.05) is 42.3 Å². The summed E-state index contributed by atoms with van der Waals surface area (Å²) in [6, 6.07) is 26.8. The van der Waals surface area contributed by atoms with Crippen LogP contribution >= 0.6 is 35.6 Å². The lowest BCUT2D eigenvalue weighted by molar-refractivity contribution is -0.252. The van der Waals surface area contributed by atoms with E-state index < -0.39 is 17.6 Å².